The maximum absolute atomic E-state index is 7.89. The largest absolute Gasteiger partial charge is 1.00 e. The Kier molecular flexibility index (Phi) is 6.93. The van der Waals surface area contributed by atoms with Crippen LogP contribution in [0.5, 0.6) is 0 Å². The zero-order valence-corrected chi connectivity index (χ0v) is 11.7. The van der Waals surface area contributed by atoms with Gasteiger partial charge in [-0.1, -0.05) is 0 Å². The maximum Gasteiger partial charge on any atom is 1.00 e. The maximum atomic E-state index is 7.89. The Hall–Kier alpha value is 3.50. The van der Waals surface area contributed by atoms with Crippen molar-refractivity contribution in [3.05, 3.63) is 0 Å². The summed E-state index contributed by atoms with van der Waals surface area (Å²) >= 11 is 0. The molecule has 0 aromatic rings. The molecule has 1 heterocycles. The Morgan fingerprint density at radius 3 is 1.12 bits per heavy atom. The van der Waals surface area contributed by atoms with Crippen LogP contribution in [0.4, 0.5) is 0 Å². The van der Waals surface area contributed by atoms with Crippen molar-refractivity contribution < 1.29 is 130 Å². The molecule has 1 aliphatic rings. The van der Waals surface area contributed by atoms with E-state index >= 15 is 0 Å². The summed E-state index contributed by atoms with van der Waals surface area (Å²) < 4.78 is 6.76. The van der Waals surface area contributed by atoms with Gasteiger partial charge in [0, 0.05) is 0 Å². The van der Waals surface area contributed by atoms with E-state index in [1.54, 1.807) is 0 Å². The zero-order valence-electron chi connectivity index (χ0n) is 6.61. The molecule has 0 aliphatic carbocycles. The minimum absolute atomic E-state index is 0. The van der Waals surface area contributed by atoms with E-state index in [0.717, 1.165) is 0 Å². The molecule has 3 N–H and O–H groups in total. The molecule has 8 heteroatoms. The molecule has 0 unspecified atom stereocenters. The van der Waals surface area contributed by atoms with Gasteiger partial charge in [-0.3, -0.25) is 0 Å². The summed E-state index contributed by atoms with van der Waals surface area (Å²) in [5.74, 6) is 0. The molecule has 0 radical (unpaired) electrons. The van der Waals surface area contributed by atoms with E-state index in [4.69, 9.17) is 14.7 Å². The van der Waals surface area contributed by atoms with Crippen LogP contribution in [0, 0.1) is 0 Å². The van der Waals surface area contributed by atoms with Crippen LogP contribution in [0.2, 0.25) is 0 Å². The summed E-state index contributed by atoms with van der Waals surface area (Å²) in [5, 5.41) is 0. The van der Waals surface area contributed by atoms with Crippen LogP contribution in [0.15, 0.2) is 0 Å². The minimum atomic E-state index is -4.80. The van der Waals surface area contributed by atoms with Crippen LogP contribution in [0.25, 0.3) is 0 Å². The molecular formula is H5K2O5P. The zero-order chi connectivity index (χ0) is 4.86. The third-order valence-corrected chi connectivity index (χ3v) is 0.824. The molecule has 42 valence electrons. The molecule has 8 heavy (non-hydrogen) atoms. The van der Waals surface area contributed by atoms with Crippen molar-refractivity contribution in [3.8, 4) is 0 Å². The van der Waals surface area contributed by atoms with Gasteiger partial charge in [-0.15, -0.1) is 0 Å². The second-order valence-electron chi connectivity index (χ2n) is 0.982. The van der Waals surface area contributed by atoms with E-state index in [1.165, 1.54) is 0 Å². The molecule has 1 saturated heterocycles. The third-order valence-electron chi connectivity index (χ3n) is 0.275. The second-order valence-corrected chi connectivity index (χ2v) is 2.95. The standard InChI is InChI=1S/2K.H3O5P.2H/c;;1-6(2,3)4-5-6;;/h;;1-3H;;/q2*+1;;2*-1. The molecule has 0 atom stereocenters. The summed E-state index contributed by atoms with van der Waals surface area (Å²) in [4.78, 5) is 23.7. The molecule has 1 aliphatic heterocycles. The quantitative estimate of drug-likeness (QED) is 0.154. The SMILES string of the molecule is OP1(O)(O)OO1.[H-].[H-].[K+].[K+]. The van der Waals surface area contributed by atoms with Crippen molar-refractivity contribution in [1.82, 2.24) is 0 Å². The number of hydrogen-bond acceptors (Lipinski definition) is 5. The topological polar surface area (TPSA) is 85.8 Å². The summed E-state index contributed by atoms with van der Waals surface area (Å²) in [5.41, 5.74) is 0. The first-order chi connectivity index (χ1) is 2.47. The van der Waals surface area contributed by atoms with Crippen LogP contribution in [-0.4, -0.2) is 14.7 Å². The van der Waals surface area contributed by atoms with Gasteiger partial charge in [-0.05, 0) is 0 Å². The molecule has 1 rings (SSSR count). The molecule has 0 aromatic carbocycles. The average molecular weight is 194 g/mol. The van der Waals surface area contributed by atoms with Gasteiger partial charge in [0.2, 0.25) is 0 Å². The Morgan fingerprint density at radius 1 is 1.00 bits per heavy atom. The van der Waals surface area contributed by atoms with Gasteiger partial charge in [-0.25, -0.2) is 0 Å². The van der Waals surface area contributed by atoms with E-state index in [1.807, 2.05) is 0 Å². The van der Waals surface area contributed by atoms with E-state index in [-0.39, 0.29) is 106 Å². The fraction of sp³-hybridized carbons (Fsp3) is 0. The van der Waals surface area contributed by atoms with Gasteiger partial charge in [0.15, 0.2) is 0 Å². The van der Waals surface area contributed by atoms with Gasteiger partial charge in [0.25, 0.3) is 0 Å². The first-order valence-corrected chi connectivity index (χ1v) is 3.06. The number of hydrogen-bond donors (Lipinski definition) is 3. The molecule has 0 aromatic heterocycles. The van der Waals surface area contributed by atoms with Gasteiger partial charge in [0.05, 0.1) is 0 Å². The van der Waals surface area contributed by atoms with Crippen molar-refractivity contribution in [1.29, 1.82) is 0 Å². The Bertz CT molecular complexity index is 81.4. The fourth-order valence-corrected chi connectivity index (χ4v) is 0.402. The van der Waals surface area contributed by atoms with Crippen LogP contribution in [0.3, 0.4) is 0 Å². The molecule has 5 nitrogen and oxygen atoms in total. The second kappa shape index (κ2) is 3.95. The van der Waals surface area contributed by atoms with Crippen molar-refractivity contribution >= 4 is 7.74 Å². The van der Waals surface area contributed by atoms with E-state index in [2.05, 4.69) is 9.35 Å². The van der Waals surface area contributed by atoms with Gasteiger partial charge in [-0.2, -0.15) is 0 Å². The van der Waals surface area contributed by atoms with Crippen LogP contribution in [0.1, 0.15) is 2.85 Å². The minimum Gasteiger partial charge on any atom is -1.00 e. The summed E-state index contributed by atoms with van der Waals surface area (Å²) in [7, 11) is -4.80. The van der Waals surface area contributed by atoms with Crippen molar-refractivity contribution in [3.63, 3.8) is 0 Å². The summed E-state index contributed by atoms with van der Waals surface area (Å²) in [6.45, 7) is 0. The predicted molar refractivity (Wildman–Crippen MR) is 18.0 cm³/mol. The van der Waals surface area contributed by atoms with Gasteiger partial charge >= 0.3 is 135 Å². The molecule has 0 saturated carbocycles. The van der Waals surface area contributed by atoms with E-state index < -0.39 is 7.74 Å². The van der Waals surface area contributed by atoms with Crippen LogP contribution in [-0.2, 0) is 9.35 Å². The average Bonchev–Trinajstić information content (AvgIpc) is 1.73. The first kappa shape index (κ1) is 14.1. The van der Waals surface area contributed by atoms with Crippen molar-refractivity contribution in [2.45, 2.75) is 0 Å². The van der Waals surface area contributed by atoms with Crippen LogP contribution >= 0.6 is 7.74 Å². The molecule has 0 bridgehead atoms. The Morgan fingerprint density at radius 2 is 1.12 bits per heavy atom. The number of rotatable bonds is 0. The van der Waals surface area contributed by atoms with Crippen molar-refractivity contribution in [2.75, 3.05) is 0 Å². The molecule has 0 spiro atoms. The van der Waals surface area contributed by atoms with Crippen molar-refractivity contribution in [2.24, 2.45) is 0 Å². The van der Waals surface area contributed by atoms with Gasteiger partial charge in [0.1, 0.15) is 0 Å². The Balaban J connectivity index is -0.0000000450. The Labute approximate surface area is 134 Å². The predicted octanol–water partition coefficient (Wildman–Crippen LogP) is -6.71. The fourth-order valence-electron chi connectivity index (χ4n) is 0.0447. The molecule has 1 fully saturated rings. The smallest absolute Gasteiger partial charge is 1.00 e. The monoisotopic (exact) mass is 194 g/mol. The molecular weight excluding hydrogens is 189 g/mol. The normalized spacial score (nSPS) is 32.1. The first-order valence-electron chi connectivity index (χ1n) is 1.13. The third kappa shape index (κ3) is 6.23. The van der Waals surface area contributed by atoms with Crippen LogP contribution < -0.4 is 103 Å². The molecule has 0 amide bonds. The summed E-state index contributed by atoms with van der Waals surface area (Å²) in [6, 6.07) is 0. The van der Waals surface area contributed by atoms with E-state index in [9.17, 15) is 0 Å². The van der Waals surface area contributed by atoms with Gasteiger partial charge < -0.3 is 2.85 Å². The summed E-state index contributed by atoms with van der Waals surface area (Å²) in [6.07, 6.45) is 0. The van der Waals surface area contributed by atoms with E-state index in [0.29, 0.717) is 0 Å².